The van der Waals surface area contributed by atoms with Gasteiger partial charge in [-0.15, -0.1) is 11.6 Å². The van der Waals surface area contributed by atoms with Gasteiger partial charge >= 0.3 is 0 Å². The summed E-state index contributed by atoms with van der Waals surface area (Å²) in [6.07, 6.45) is 0.0616. The van der Waals surface area contributed by atoms with E-state index in [0.29, 0.717) is 0 Å². The summed E-state index contributed by atoms with van der Waals surface area (Å²) >= 11 is 7.31. The Balaban J connectivity index is 3.06. The Labute approximate surface area is 123 Å². The van der Waals surface area contributed by atoms with Crippen LogP contribution in [0, 0.1) is 0 Å². The zero-order valence-corrected chi connectivity index (χ0v) is 13.3. The normalized spacial score (nSPS) is 10.6. The number of halogens is 1. The Bertz CT molecular complexity index is 436. The van der Waals surface area contributed by atoms with Crippen LogP contribution in [0.3, 0.4) is 0 Å². The number of rotatable bonds is 6. The number of allylic oxidation sites excluding steroid dienone is 1. The van der Waals surface area contributed by atoms with Crippen molar-refractivity contribution in [1.29, 1.82) is 0 Å². The van der Waals surface area contributed by atoms with Crippen molar-refractivity contribution in [1.82, 2.24) is 4.90 Å². The Morgan fingerprint density at radius 2 is 2.16 bits per heavy atom. The number of carbonyl (C=O) groups is 1. The van der Waals surface area contributed by atoms with Gasteiger partial charge in [0.05, 0.1) is 11.8 Å². The summed E-state index contributed by atoms with van der Waals surface area (Å²) in [7, 11) is 0. The number of hydrogen-bond acceptors (Lipinski definition) is 3. The fraction of sp³-hybridized carbons (Fsp3) is 0.500. The van der Waals surface area contributed by atoms with E-state index in [9.17, 15) is 4.79 Å². The second kappa shape index (κ2) is 7.68. The molecule has 0 radical (unpaired) electrons. The standard InChI is InChI=1S/C14H20ClNO2S/c1-10(2)14(12-5-6-19-8-12)16(13(17)7-15)9-18-11(3)4/h5-6,8,11H,7,9H2,1-4H3. The van der Waals surface area contributed by atoms with Crippen molar-refractivity contribution >= 4 is 34.5 Å². The molecule has 106 valence electrons. The van der Waals surface area contributed by atoms with E-state index in [1.807, 2.05) is 44.5 Å². The van der Waals surface area contributed by atoms with E-state index in [0.717, 1.165) is 16.8 Å². The van der Waals surface area contributed by atoms with E-state index >= 15 is 0 Å². The fourth-order valence-corrected chi connectivity index (χ4v) is 2.46. The summed E-state index contributed by atoms with van der Waals surface area (Å²) in [6.45, 7) is 8.07. The van der Waals surface area contributed by atoms with Gasteiger partial charge in [-0.25, -0.2) is 0 Å². The fourth-order valence-electron chi connectivity index (χ4n) is 1.67. The Hall–Kier alpha value is -0.840. The number of carbonyl (C=O) groups excluding carboxylic acids is 1. The summed E-state index contributed by atoms with van der Waals surface area (Å²) in [4.78, 5) is 13.7. The molecular formula is C14H20ClNO2S. The van der Waals surface area contributed by atoms with E-state index in [-0.39, 0.29) is 24.6 Å². The molecule has 0 unspecified atom stereocenters. The van der Waals surface area contributed by atoms with Gasteiger partial charge < -0.3 is 4.74 Å². The van der Waals surface area contributed by atoms with Crippen LogP contribution in [0.5, 0.6) is 0 Å². The number of thiophene rings is 1. The van der Waals surface area contributed by atoms with Gasteiger partial charge in [0.1, 0.15) is 12.6 Å². The van der Waals surface area contributed by atoms with E-state index in [4.69, 9.17) is 16.3 Å². The Morgan fingerprint density at radius 3 is 2.58 bits per heavy atom. The third-order valence-electron chi connectivity index (χ3n) is 2.49. The molecule has 0 saturated heterocycles. The lowest BCUT2D eigenvalue weighted by Gasteiger charge is -2.26. The summed E-state index contributed by atoms with van der Waals surface area (Å²) < 4.78 is 5.57. The molecule has 1 amide bonds. The molecule has 19 heavy (non-hydrogen) atoms. The molecule has 0 aliphatic heterocycles. The molecule has 0 fully saturated rings. The molecule has 0 N–H and O–H groups in total. The molecule has 1 heterocycles. The lowest BCUT2D eigenvalue weighted by atomic mass is 10.1. The molecule has 0 atom stereocenters. The van der Waals surface area contributed by atoms with Crippen molar-refractivity contribution in [2.45, 2.75) is 33.8 Å². The summed E-state index contributed by atoms with van der Waals surface area (Å²) in [5.74, 6) is -0.202. The molecule has 0 aliphatic rings. The second-order valence-electron chi connectivity index (χ2n) is 4.66. The molecule has 1 aromatic rings. The van der Waals surface area contributed by atoms with Gasteiger partial charge in [-0.05, 0) is 39.1 Å². The van der Waals surface area contributed by atoms with Crippen molar-refractivity contribution in [2.75, 3.05) is 12.6 Å². The maximum atomic E-state index is 12.0. The first-order chi connectivity index (χ1) is 8.97. The number of hydrogen-bond donors (Lipinski definition) is 0. The predicted octanol–water partition coefficient (Wildman–Crippen LogP) is 3.95. The average Bonchev–Trinajstić information content (AvgIpc) is 2.85. The smallest absolute Gasteiger partial charge is 0.243 e. The van der Waals surface area contributed by atoms with Crippen LogP contribution in [0.4, 0.5) is 0 Å². The first-order valence-corrected chi connectivity index (χ1v) is 7.63. The summed E-state index contributed by atoms with van der Waals surface area (Å²) in [5.41, 5.74) is 2.97. The minimum atomic E-state index is -0.148. The van der Waals surface area contributed by atoms with Crippen molar-refractivity contribution in [3.8, 4) is 0 Å². The van der Waals surface area contributed by atoms with Gasteiger partial charge in [-0.2, -0.15) is 11.3 Å². The number of nitrogens with zero attached hydrogens (tertiary/aromatic N) is 1. The molecule has 0 aromatic carbocycles. The molecule has 1 rings (SSSR count). The number of ether oxygens (including phenoxy) is 1. The average molecular weight is 302 g/mol. The van der Waals surface area contributed by atoms with E-state index in [1.165, 1.54) is 0 Å². The van der Waals surface area contributed by atoms with Crippen LogP contribution in [0.2, 0.25) is 0 Å². The van der Waals surface area contributed by atoms with Crippen molar-refractivity contribution in [3.05, 3.63) is 28.0 Å². The van der Waals surface area contributed by atoms with Gasteiger partial charge in [-0.3, -0.25) is 9.69 Å². The maximum absolute atomic E-state index is 12.0. The van der Waals surface area contributed by atoms with Crippen LogP contribution in [0.25, 0.3) is 5.70 Å². The van der Waals surface area contributed by atoms with Gasteiger partial charge in [-0.1, -0.05) is 5.57 Å². The second-order valence-corrected chi connectivity index (χ2v) is 5.71. The number of amides is 1. The monoisotopic (exact) mass is 301 g/mol. The predicted molar refractivity (Wildman–Crippen MR) is 81.2 cm³/mol. The molecule has 0 aliphatic carbocycles. The van der Waals surface area contributed by atoms with Crippen molar-refractivity contribution < 1.29 is 9.53 Å². The first kappa shape index (κ1) is 16.2. The minimum Gasteiger partial charge on any atom is -0.358 e. The molecule has 0 bridgehead atoms. The van der Waals surface area contributed by atoms with Gasteiger partial charge in [0.25, 0.3) is 0 Å². The highest BCUT2D eigenvalue weighted by Crippen LogP contribution is 2.25. The van der Waals surface area contributed by atoms with Crippen LogP contribution in [-0.4, -0.2) is 29.5 Å². The summed E-state index contributed by atoms with van der Waals surface area (Å²) in [6, 6.07) is 2.00. The van der Waals surface area contributed by atoms with Crippen LogP contribution < -0.4 is 0 Å². The zero-order chi connectivity index (χ0) is 14.4. The minimum absolute atomic E-state index is 0.0532. The van der Waals surface area contributed by atoms with Crippen molar-refractivity contribution in [3.63, 3.8) is 0 Å². The van der Waals surface area contributed by atoms with E-state index < -0.39 is 0 Å². The molecule has 5 heteroatoms. The Morgan fingerprint density at radius 1 is 1.47 bits per heavy atom. The maximum Gasteiger partial charge on any atom is 0.243 e. The molecule has 0 spiro atoms. The highest BCUT2D eigenvalue weighted by atomic mass is 35.5. The highest BCUT2D eigenvalue weighted by molar-refractivity contribution is 7.08. The third-order valence-corrected chi connectivity index (χ3v) is 3.40. The topological polar surface area (TPSA) is 29.5 Å². The van der Waals surface area contributed by atoms with Gasteiger partial charge in [0.15, 0.2) is 0 Å². The SMILES string of the molecule is CC(C)=C(c1ccsc1)N(COC(C)C)C(=O)CCl. The highest BCUT2D eigenvalue weighted by Gasteiger charge is 2.20. The molecule has 3 nitrogen and oxygen atoms in total. The van der Waals surface area contributed by atoms with Crippen LogP contribution in [-0.2, 0) is 9.53 Å². The number of alkyl halides is 1. The van der Waals surface area contributed by atoms with E-state index in [1.54, 1.807) is 16.2 Å². The van der Waals surface area contributed by atoms with E-state index in [2.05, 4.69) is 0 Å². The summed E-state index contributed by atoms with van der Waals surface area (Å²) in [5, 5.41) is 4.01. The lowest BCUT2D eigenvalue weighted by molar-refractivity contribution is -0.130. The van der Waals surface area contributed by atoms with Gasteiger partial charge in [0.2, 0.25) is 5.91 Å². The third kappa shape index (κ3) is 4.64. The lowest BCUT2D eigenvalue weighted by Crippen LogP contribution is -2.34. The largest absolute Gasteiger partial charge is 0.358 e. The first-order valence-electron chi connectivity index (χ1n) is 6.15. The van der Waals surface area contributed by atoms with Crippen LogP contribution in [0.15, 0.2) is 22.4 Å². The van der Waals surface area contributed by atoms with Gasteiger partial charge in [0, 0.05) is 10.9 Å². The van der Waals surface area contributed by atoms with Crippen LogP contribution >= 0.6 is 22.9 Å². The zero-order valence-electron chi connectivity index (χ0n) is 11.8. The quantitative estimate of drug-likeness (QED) is 0.588. The molecule has 1 aromatic heterocycles. The Kier molecular flexibility index (Phi) is 6.55. The molecule has 0 saturated carbocycles. The van der Waals surface area contributed by atoms with Crippen LogP contribution in [0.1, 0.15) is 33.3 Å². The molecular weight excluding hydrogens is 282 g/mol. The van der Waals surface area contributed by atoms with Crippen molar-refractivity contribution in [2.24, 2.45) is 0 Å².